The molecule has 0 aromatic heterocycles. The van der Waals surface area contributed by atoms with Gasteiger partial charge in [-0.05, 0) is 33.0 Å². The maximum atomic E-state index is 7.36. The highest BCUT2D eigenvalue weighted by molar-refractivity contribution is 9.15. The van der Waals surface area contributed by atoms with E-state index >= 15 is 0 Å². The van der Waals surface area contributed by atoms with E-state index in [1.54, 1.807) is 0 Å². The standard InChI is InChI=1S/C26H27BrOSi/c1-26(2,3)29(20-12-6-4-7-13-20,21-14-8-5-9-15-21)28-25-19-18-24(27)22-16-10-11-17-23(22)25/h4-18,25H,19H2,1-3H3/t25-/m1/s1. The largest absolute Gasteiger partial charge is 0.400 e. The Hall–Kier alpha value is -1.94. The molecular formula is C26H27BrOSi. The molecule has 0 saturated carbocycles. The fraction of sp³-hybridized carbons (Fsp3) is 0.231. The maximum Gasteiger partial charge on any atom is 0.261 e. The summed E-state index contributed by atoms with van der Waals surface area (Å²) in [6.45, 7) is 7.00. The van der Waals surface area contributed by atoms with Crippen molar-refractivity contribution in [2.75, 3.05) is 0 Å². The fourth-order valence-corrected chi connectivity index (χ4v) is 9.67. The molecule has 0 fully saturated rings. The van der Waals surface area contributed by atoms with Gasteiger partial charge in [-0.2, -0.15) is 0 Å². The van der Waals surface area contributed by atoms with Gasteiger partial charge in [-0.25, -0.2) is 0 Å². The average Bonchev–Trinajstić information content (AvgIpc) is 2.74. The molecule has 0 bridgehead atoms. The van der Waals surface area contributed by atoms with E-state index in [1.807, 2.05) is 0 Å². The minimum atomic E-state index is -2.57. The van der Waals surface area contributed by atoms with E-state index in [4.69, 9.17) is 4.43 Å². The summed E-state index contributed by atoms with van der Waals surface area (Å²) < 4.78 is 8.53. The van der Waals surface area contributed by atoms with Crippen LogP contribution in [0.4, 0.5) is 0 Å². The van der Waals surface area contributed by atoms with E-state index < -0.39 is 8.32 Å². The molecule has 29 heavy (non-hydrogen) atoms. The van der Waals surface area contributed by atoms with Crippen molar-refractivity contribution in [1.82, 2.24) is 0 Å². The summed E-state index contributed by atoms with van der Waals surface area (Å²) in [7, 11) is -2.57. The zero-order valence-electron chi connectivity index (χ0n) is 17.2. The molecule has 0 heterocycles. The van der Waals surface area contributed by atoms with Crippen LogP contribution < -0.4 is 10.4 Å². The van der Waals surface area contributed by atoms with E-state index in [2.05, 4.69) is 128 Å². The molecule has 4 rings (SSSR count). The van der Waals surface area contributed by atoms with Gasteiger partial charge in [0, 0.05) is 4.48 Å². The van der Waals surface area contributed by atoms with Gasteiger partial charge in [-0.1, -0.05) is 128 Å². The molecular weight excluding hydrogens is 436 g/mol. The fourth-order valence-electron chi connectivity index (χ4n) is 4.46. The summed E-state index contributed by atoms with van der Waals surface area (Å²) in [4.78, 5) is 0. The number of benzene rings is 3. The van der Waals surface area contributed by atoms with Gasteiger partial charge in [-0.15, -0.1) is 0 Å². The summed E-state index contributed by atoms with van der Waals surface area (Å²) >= 11 is 3.74. The summed E-state index contributed by atoms with van der Waals surface area (Å²) in [6, 6.07) is 30.4. The Labute approximate surface area is 183 Å². The zero-order chi connectivity index (χ0) is 20.5. The van der Waals surface area contributed by atoms with Crippen LogP contribution in [0.25, 0.3) is 4.48 Å². The Bertz CT molecular complexity index is 966. The topological polar surface area (TPSA) is 9.23 Å². The lowest BCUT2D eigenvalue weighted by Crippen LogP contribution is -2.66. The molecule has 3 aromatic rings. The molecule has 0 aliphatic heterocycles. The minimum Gasteiger partial charge on any atom is -0.400 e. The lowest BCUT2D eigenvalue weighted by atomic mass is 9.95. The first-order valence-electron chi connectivity index (χ1n) is 10.2. The third-order valence-electron chi connectivity index (χ3n) is 5.81. The Morgan fingerprint density at radius 2 is 1.31 bits per heavy atom. The first-order chi connectivity index (χ1) is 13.9. The molecule has 1 aliphatic carbocycles. The van der Waals surface area contributed by atoms with Crippen LogP contribution in [0.1, 0.15) is 44.4 Å². The molecule has 3 heteroatoms. The smallest absolute Gasteiger partial charge is 0.261 e. The van der Waals surface area contributed by atoms with E-state index in [0.29, 0.717) is 0 Å². The van der Waals surface area contributed by atoms with Crippen molar-refractivity contribution < 1.29 is 4.43 Å². The van der Waals surface area contributed by atoms with Crippen LogP contribution in [0, 0.1) is 0 Å². The van der Waals surface area contributed by atoms with E-state index in [9.17, 15) is 0 Å². The van der Waals surface area contributed by atoms with E-state index in [-0.39, 0.29) is 11.1 Å². The van der Waals surface area contributed by atoms with Gasteiger partial charge in [0.15, 0.2) is 0 Å². The SMILES string of the molecule is CC(C)(C)[Si](O[C@@H]1CC=C(Br)c2ccccc21)(c1ccccc1)c1ccccc1. The number of hydrogen-bond acceptors (Lipinski definition) is 1. The second-order valence-electron chi connectivity index (χ2n) is 8.64. The molecule has 0 spiro atoms. The normalized spacial score (nSPS) is 16.8. The van der Waals surface area contributed by atoms with Gasteiger partial charge in [0.1, 0.15) is 0 Å². The van der Waals surface area contributed by atoms with Crippen LogP contribution in [-0.4, -0.2) is 8.32 Å². The van der Waals surface area contributed by atoms with Gasteiger partial charge in [-0.3, -0.25) is 0 Å². The summed E-state index contributed by atoms with van der Waals surface area (Å²) in [5, 5.41) is 2.62. The van der Waals surface area contributed by atoms with Crippen LogP contribution in [0.5, 0.6) is 0 Å². The minimum absolute atomic E-state index is 0.0248. The van der Waals surface area contributed by atoms with Crippen LogP contribution in [0.15, 0.2) is 91.0 Å². The highest BCUT2D eigenvalue weighted by atomic mass is 79.9. The molecule has 0 unspecified atom stereocenters. The summed E-state index contributed by atoms with van der Waals surface area (Å²) in [5.41, 5.74) is 2.51. The quantitative estimate of drug-likeness (QED) is 0.405. The monoisotopic (exact) mass is 462 g/mol. The zero-order valence-corrected chi connectivity index (χ0v) is 19.8. The molecule has 3 aromatic carbocycles. The molecule has 1 atom stereocenters. The summed E-state index contributed by atoms with van der Waals surface area (Å²) in [6.07, 6.45) is 3.17. The molecule has 0 saturated heterocycles. The number of fused-ring (bicyclic) bond motifs is 1. The number of halogens is 1. The van der Waals surface area contributed by atoms with Crippen LogP contribution in [-0.2, 0) is 4.43 Å². The van der Waals surface area contributed by atoms with Crippen LogP contribution in [0.2, 0.25) is 5.04 Å². The van der Waals surface area contributed by atoms with Crippen molar-refractivity contribution in [3.05, 3.63) is 102 Å². The van der Waals surface area contributed by atoms with E-state index in [1.165, 1.54) is 21.5 Å². The van der Waals surface area contributed by atoms with Crippen molar-refractivity contribution in [3.8, 4) is 0 Å². The second-order valence-corrected chi connectivity index (χ2v) is 13.8. The van der Waals surface area contributed by atoms with Crippen molar-refractivity contribution in [2.24, 2.45) is 0 Å². The van der Waals surface area contributed by atoms with Crippen molar-refractivity contribution in [1.29, 1.82) is 0 Å². The van der Waals surface area contributed by atoms with Gasteiger partial charge in [0.05, 0.1) is 6.10 Å². The third kappa shape index (κ3) is 3.68. The predicted molar refractivity (Wildman–Crippen MR) is 129 cm³/mol. The third-order valence-corrected chi connectivity index (χ3v) is 11.6. The van der Waals surface area contributed by atoms with Crippen LogP contribution >= 0.6 is 15.9 Å². The molecule has 1 nitrogen and oxygen atoms in total. The lowest BCUT2D eigenvalue weighted by Gasteiger charge is -2.45. The second kappa shape index (κ2) is 8.06. The maximum absolute atomic E-state index is 7.36. The molecule has 0 amide bonds. The first-order valence-corrected chi connectivity index (χ1v) is 12.9. The van der Waals surface area contributed by atoms with Gasteiger partial charge in [0.25, 0.3) is 8.32 Å². The highest BCUT2D eigenvalue weighted by Crippen LogP contribution is 2.44. The van der Waals surface area contributed by atoms with Gasteiger partial charge < -0.3 is 4.43 Å². The molecule has 0 N–H and O–H groups in total. The predicted octanol–water partition coefficient (Wildman–Crippen LogP) is 6.44. The highest BCUT2D eigenvalue weighted by Gasteiger charge is 2.51. The molecule has 0 radical (unpaired) electrons. The number of hydrogen-bond donors (Lipinski definition) is 0. The van der Waals surface area contributed by atoms with Crippen molar-refractivity contribution >= 4 is 39.1 Å². The van der Waals surface area contributed by atoms with Crippen molar-refractivity contribution in [2.45, 2.75) is 38.3 Å². The Kier molecular flexibility index (Phi) is 5.65. The Morgan fingerprint density at radius 3 is 1.86 bits per heavy atom. The Morgan fingerprint density at radius 1 is 0.793 bits per heavy atom. The van der Waals surface area contributed by atoms with Crippen LogP contribution in [0.3, 0.4) is 0 Å². The molecule has 148 valence electrons. The van der Waals surface area contributed by atoms with Gasteiger partial charge >= 0.3 is 0 Å². The lowest BCUT2D eigenvalue weighted by molar-refractivity contribution is 0.192. The van der Waals surface area contributed by atoms with Crippen molar-refractivity contribution in [3.63, 3.8) is 0 Å². The van der Waals surface area contributed by atoms with Gasteiger partial charge in [0.2, 0.25) is 0 Å². The Balaban J connectivity index is 1.91. The molecule has 1 aliphatic rings. The first kappa shape index (κ1) is 20.3. The number of rotatable bonds is 4. The summed E-state index contributed by atoms with van der Waals surface area (Å²) in [5.74, 6) is 0. The van der Waals surface area contributed by atoms with E-state index in [0.717, 1.165) is 10.9 Å². The average molecular weight is 463 g/mol.